The predicted octanol–water partition coefficient (Wildman–Crippen LogP) is 3.44. The van der Waals surface area contributed by atoms with E-state index >= 15 is 0 Å². The van der Waals surface area contributed by atoms with E-state index in [1.165, 1.54) is 5.56 Å². The Morgan fingerprint density at radius 3 is 2.88 bits per heavy atom. The topological polar surface area (TPSA) is 33.1 Å². The van der Waals surface area contributed by atoms with Crippen molar-refractivity contribution >= 4 is 17.4 Å². The summed E-state index contributed by atoms with van der Waals surface area (Å²) in [6, 6.07) is 12.4. The van der Waals surface area contributed by atoms with Crippen LogP contribution in [-0.4, -0.2) is 20.4 Å². The summed E-state index contributed by atoms with van der Waals surface area (Å²) in [5, 5.41) is 4.54. The molecule has 2 heterocycles. The van der Waals surface area contributed by atoms with Gasteiger partial charge in [0.2, 0.25) is 0 Å². The summed E-state index contributed by atoms with van der Waals surface area (Å²) in [5.74, 6) is 1.05. The first kappa shape index (κ1) is 10.5. The maximum absolute atomic E-state index is 4.39. The number of aromatic amines is 1. The van der Waals surface area contributed by atoms with Crippen molar-refractivity contribution in [2.45, 2.75) is 11.9 Å². The van der Waals surface area contributed by atoms with Gasteiger partial charge in [-0.15, -0.1) is 11.8 Å². The maximum Gasteiger partial charge on any atom is 0.154 e. The van der Waals surface area contributed by atoms with Crippen molar-refractivity contribution < 1.29 is 0 Å². The predicted molar refractivity (Wildman–Crippen MR) is 71.4 cm³/mol. The van der Waals surface area contributed by atoms with Crippen LogP contribution in [-0.2, 0) is 0 Å². The summed E-state index contributed by atoms with van der Waals surface area (Å²) in [6.45, 7) is 2.14. The van der Waals surface area contributed by atoms with Crippen molar-refractivity contribution in [2.24, 2.45) is 0 Å². The van der Waals surface area contributed by atoms with Crippen LogP contribution < -0.4 is 0 Å². The lowest BCUT2D eigenvalue weighted by Crippen LogP contribution is -1.87. The lowest BCUT2D eigenvalue weighted by Gasteiger charge is -1.97. The van der Waals surface area contributed by atoms with Crippen molar-refractivity contribution in [3.05, 3.63) is 42.6 Å². The summed E-state index contributed by atoms with van der Waals surface area (Å²) in [5.41, 5.74) is 3.26. The van der Waals surface area contributed by atoms with Crippen LogP contribution in [0.15, 0.2) is 47.6 Å². The molecule has 3 rings (SSSR count). The molecule has 3 nitrogen and oxygen atoms in total. The van der Waals surface area contributed by atoms with Gasteiger partial charge in [0.25, 0.3) is 0 Å². The molecule has 0 saturated heterocycles. The van der Waals surface area contributed by atoms with Crippen molar-refractivity contribution in [3.63, 3.8) is 0 Å². The lowest BCUT2D eigenvalue weighted by molar-refractivity contribution is 0.886. The number of nitrogens with one attached hydrogen (secondary N) is 1. The number of nitrogens with zero attached hydrogens (tertiary/aromatic N) is 2. The number of imidazole rings is 1. The number of aromatic nitrogens is 3. The van der Waals surface area contributed by atoms with Gasteiger partial charge in [0.05, 0.1) is 11.9 Å². The third-order valence-corrected chi connectivity index (χ3v) is 3.51. The van der Waals surface area contributed by atoms with E-state index in [1.807, 2.05) is 28.9 Å². The Kier molecular flexibility index (Phi) is 2.65. The van der Waals surface area contributed by atoms with Gasteiger partial charge in [-0.1, -0.05) is 37.3 Å². The van der Waals surface area contributed by atoms with Crippen LogP contribution in [0.4, 0.5) is 0 Å². The summed E-state index contributed by atoms with van der Waals surface area (Å²) in [7, 11) is 0. The maximum atomic E-state index is 4.39. The van der Waals surface area contributed by atoms with E-state index in [1.54, 1.807) is 11.8 Å². The van der Waals surface area contributed by atoms with E-state index < -0.39 is 0 Å². The first-order valence-corrected chi connectivity index (χ1v) is 6.61. The number of thioether (sulfide) groups is 1. The molecule has 0 aliphatic carbocycles. The molecule has 0 spiro atoms. The average Bonchev–Trinajstić information content (AvgIpc) is 2.93. The van der Waals surface area contributed by atoms with Gasteiger partial charge in [-0.3, -0.25) is 5.10 Å². The fourth-order valence-electron chi connectivity index (χ4n) is 1.86. The van der Waals surface area contributed by atoms with Crippen LogP contribution in [0.2, 0.25) is 0 Å². The number of rotatable bonds is 3. The molecule has 1 aromatic carbocycles. The summed E-state index contributed by atoms with van der Waals surface area (Å²) in [6.07, 6.45) is 1.91. The number of H-pyrrole nitrogens is 1. The van der Waals surface area contributed by atoms with E-state index in [-0.39, 0.29) is 0 Å². The Labute approximate surface area is 104 Å². The van der Waals surface area contributed by atoms with E-state index in [9.17, 15) is 0 Å². The molecule has 0 aliphatic rings. The Morgan fingerprint density at radius 1 is 1.29 bits per heavy atom. The lowest BCUT2D eigenvalue weighted by atomic mass is 10.2. The van der Waals surface area contributed by atoms with Gasteiger partial charge < -0.3 is 0 Å². The highest BCUT2D eigenvalue weighted by Gasteiger charge is 2.07. The van der Waals surface area contributed by atoms with Gasteiger partial charge in [0.1, 0.15) is 5.03 Å². The molecule has 0 atom stereocenters. The number of fused-ring (bicyclic) bond motifs is 1. The van der Waals surface area contributed by atoms with Gasteiger partial charge in [0, 0.05) is 6.07 Å². The first-order chi connectivity index (χ1) is 8.38. The van der Waals surface area contributed by atoms with Crippen LogP contribution >= 0.6 is 11.8 Å². The van der Waals surface area contributed by atoms with E-state index in [0.29, 0.717) is 0 Å². The molecule has 0 amide bonds. The Morgan fingerprint density at radius 2 is 2.12 bits per heavy atom. The molecule has 0 radical (unpaired) electrons. The summed E-state index contributed by atoms with van der Waals surface area (Å²) in [4.78, 5) is 4.39. The molecule has 2 aromatic heterocycles. The summed E-state index contributed by atoms with van der Waals surface area (Å²) >= 11 is 1.79. The van der Waals surface area contributed by atoms with E-state index in [4.69, 9.17) is 0 Å². The minimum Gasteiger partial charge on any atom is -0.291 e. The van der Waals surface area contributed by atoms with Gasteiger partial charge in [0.15, 0.2) is 5.65 Å². The molecule has 0 aliphatic heterocycles. The molecule has 4 heteroatoms. The molecular weight excluding hydrogens is 230 g/mol. The van der Waals surface area contributed by atoms with Crippen LogP contribution in [0.5, 0.6) is 0 Å². The molecule has 86 valence electrons. The third-order valence-electron chi connectivity index (χ3n) is 2.64. The van der Waals surface area contributed by atoms with Crippen molar-refractivity contribution in [1.29, 1.82) is 0 Å². The highest BCUT2D eigenvalue weighted by molar-refractivity contribution is 7.99. The molecule has 17 heavy (non-hydrogen) atoms. The average molecular weight is 243 g/mol. The number of benzene rings is 1. The first-order valence-electron chi connectivity index (χ1n) is 5.63. The normalized spacial score (nSPS) is 11.1. The van der Waals surface area contributed by atoms with E-state index in [2.05, 4.69) is 35.2 Å². The molecular formula is C13H13N3S. The zero-order chi connectivity index (χ0) is 11.7. The standard InChI is InChI=1S/C13H13N3S/c1-2-17-13-9-14-12-8-11(15-16(12)13)10-6-4-3-5-7-10/h3-9,15H,2H2,1H3. The highest BCUT2D eigenvalue weighted by Crippen LogP contribution is 2.23. The molecule has 0 saturated carbocycles. The second kappa shape index (κ2) is 4.30. The Bertz CT molecular complexity index is 624. The minimum atomic E-state index is 0.972. The van der Waals surface area contributed by atoms with Crippen molar-refractivity contribution in [2.75, 3.05) is 5.75 Å². The minimum absolute atomic E-state index is 0.972. The smallest absolute Gasteiger partial charge is 0.154 e. The Balaban J connectivity index is 2.08. The molecule has 1 N–H and O–H groups in total. The quantitative estimate of drug-likeness (QED) is 0.715. The highest BCUT2D eigenvalue weighted by atomic mass is 32.2. The van der Waals surface area contributed by atoms with Gasteiger partial charge in [-0.2, -0.15) is 0 Å². The number of hydrogen-bond donors (Lipinski definition) is 1. The van der Waals surface area contributed by atoms with Crippen molar-refractivity contribution in [3.8, 4) is 11.3 Å². The molecule has 0 unspecified atom stereocenters. The van der Waals surface area contributed by atoms with Gasteiger partial charge in [-0.05, 0) is 11.3 Å². The van der Waals surface area contributed by atoms with Crippen LogP contribution in [0.3, 0.4) is 0 Å². The third kappa shape index (κ3) is 1.85. The SMILES string of the molecule is CCSc1cnc2cc(-c3ccccc3)[nH]n12. The second-order valence-electron chi connectivity index (χ2n) is 3.76. The van der Waals surface area contributed by atoms with E-state index in [0.717, 1.165) is 22.1 Å². The largest absolute Gasteiger partial charge is 0.291 e. The molecule has 0 bridgehead atoms. The van der Waals surface area contributed by atoms with Crippen LogP contribution in [0.25, 0.3) is 16.9 Å². The second-order valence-corrected chi connectivity index (χ2v) is 5.04. The van der Waals surface area contributed by atoms with Crippen LogP contribution in [0, 0.1) is 0 Å². The fourth-order valence-corrected chi connectivity index (χ4v) is 2.55. The zero-order valence-corrected chi connectivity index (χ0v) is 10.4. The van der Waals surface area contributed by atoms with Crippen LogP contribution in [0.1, 0.15) is 6.92 Å². The molecule has 0 fully saturated rings. The monoisotopic (exact) mass is 243 g/mol. The zero-order valence-electron chi connectivity index (χ0n) is 9.55. The fraction of sp³-hybridized carbons (Fsp3) is 0.154. The van der Waals surface area contributed by atoms with Crippen molar-refractivity contribution in [1.82, 2.24) is 14.6 Å². The summed E-state index contributed by atoms with van der Waals surface area (Å²) < 4.78 is 2.04. The Hall–Kier alpha value is -1.68. The van der Waals surface area contributed by atoms with Gasteiger partial charge in [-0.25, -0.2) is 9.50 Å². The van der Waals surface area contributed by atoms with Gasteiger partial charge >= 0.3 is 0 Å². The number of hydrogen-bond acceptors (Lipinski definition) is 2. The molecule has 3 aromatic rings.